The third-order valence-electron chi connectivity index (χ3n) is 8.96. The van der Waals surface area contributed by atoms with Crippen molar-refractivity contribution in [2.75, 3.05) is 11.4 Å². The molecule has 8 nitrogen and oxygen atoms in total. The third kappa shape index (κ3) is 4.69. The van der Waals surface area contributed by atoms with Gasteiger partial charge in [-0.05, 0) is 42.2 Å². The van der Waals surface area contributed by atoms with Gasteiger partial charge in [0.1, 0.15) is 12.3 Å². The van der Waals surface area contributed by atoms with Crippen molar-refractivity contribution in [1.29, 1.82) is 0 Å². The summed E-state index contributed by atoms with van der Waals surface area (Å²) in [6.45, 7) is 0.182. The second kappa shape index (κ2) is 11.1. The Bertz CT molecular complexity index is 1590. The molecule has 1 unspecified atom stereocenters. The standard InChI is InChI=1S/C35H32N4O4/c40-33(31(23-11-3-1-4-12-23)24-13-5-2-6-14-24)38-26-19-20-30(38)32(34(41)42)37(22-26)35(43)39-28-17-9-7-15-25(28)21-36-27-16-8-10-18-29(27)39/h1-18,21,26,30-33,40H,19-20,22H2,(H,41,42)/t26-,30+,32-,33?/m0/s1. The Morgan fingerprint density at radius 2 is 1.37 bits per heavy atom. The molecule has 0 saturated carbocycles. The molecule has 0 radical (unpaired) electrons. The molecule has 2 amide bonds. The van der Waals surface area contributed by atoms with Gasteiger partial charge in [0, 0.05) is 36.3 Å². The monoisotopic (exact) mass is 572 g/mol. The molecule has 3 aliphatic heterocycles. The lowest BCUT2D eigenvalue weighted by Crippen LogP contribution is -2.67. The number of piperazine rings is 1. The van der Waals surface area contributed by atoms with Crippen LogP contribution in [0.4, 0.5) is 21.9 Å². The molecule has 3 aliphatic rings. The molecule has 4 aromatic carbocycles. The minimum atomic E-state index is -1.14. The largest absolute Gasteiger partial charge is 0.480 e. The Kier molecular flexibility index (Phi) is 7.01. The first-order valence-electron chi connectivity index (χ1n) is 14.6. The van der Waals surface area contributed by atoms with Gasteiger partial charge in [0.25, 0.3) is 0 Å². The number of hydrogen-bond donors (Lipinski definition) is 2. The van der Waals surface area contributed by atoms with Gasteiger partial charge >= 0.3 is 12.0 Å². The molecule has 7 rings (SSSR count). The van der Waals surface area contributed by atoms with E-state index in [1.165, 1.54) is 4.90 Å². The number of carboxylic acids is 1. The van der Waals surface area contributed by atoms with Gasteiger partial charge in [0.2, 0.25) is 0 Å². The lowest BCUT2D eigenvalue weighted by Gasteiger charge is -2.49. The first kappa shape index (κ1) is 27.1. The number of aliphatic carboxylic acids is 1. The summed E-state index contributed by atoms with van der Waals surface area (Å²) in [6, 6.07) is 32.2. The zero-order chi connectivity index (χ0) is 29.5. The van der Waals surface area contributed by atoms with Crippen LogP contribution in [0.3, 0.4) is 0 Å². The van der Waals surface area contributed by atoms with Crippen LogP contribution >= 0.6 is 0 Å². The SMILES string of the molecule is O=C(O)[C@@H]1[C@H]2CC[C@@H](CN1C(=O)N1c3ccccc3C=Nc3ccccc31)N2C(O)C(c1ccccc1)c1ccccc1. The number of likely N-dealkylation sites (tertiary alicyclic amines) is 1. The van der Waals surface area contributed by atoms with E-state index in [-0.39, 0.29) is 18.5 Å². The van der Waals surface area contributed by atoms with Crippen LogP contribution in [-0.4, -0.2) is 69.1 Å². The zero-order valence-electron chi connectivity index (χ0n) is 23.5. The van der Waals surface area contributed by atoms with Crippen LogP contribution in [0.25, 0.3) is 0 Å². The minimum absolute atomic E-state index is 0.182. The van der Waals surface area contributed by atoms with E-state index in [1.54, 1.807) is 11.1 Å². The Hall–Kier alpha value is -4.79. The molecule has 216 valence electrons. The van der Waals surface area contributed by atoms with Crippen LogP contribution in [0.2, 0.25) is 0 Å². The van der Waals surface area contributed by atoms with Crippen LogP contribution < -0.4 is 4.90 Å². The third-order valence-corrected chi connectivity index (χ3v) is 8.96. The van der Waals surface area contributed by atoms with Crippen molar-refractivity contribution in [2.24, 2.45) is 4.99 Å². The number of carbonyl (C=O) groups is 2. The lowest BCUT2D eigenvalue weighted by atomic mass is 9.87. The summed E-state index contributed by atoms with van der Waals surface area (Å²) in [4.78, 5) is 37.3. The number of urea groups is 1. The van der Waals surface area contributed by atoms with Gasteiger partial charge in [-0.3, -0.25) is 14.8 Å². The van der Waals surface area contributed by atoms with Gasteiger partial charge in [0.05, 0.1) is 17.1 Å². The van der Waals surface area contributed by atoms with E-state index < -0.39 is 30.3 Å². The van der Waals surface area contributed by atoms with Crippen molar-refractivity contribution in [3.8, 4) is 0 Å². The number of benzene rings is 4. The fraction of sp³-hybridized carbons (Fsp3) is 0.229. The number of aliphatic hydroxyl groups excluding tert-OH is 1. The second-order valence-corrected chi connectivity index (χ2v) is 11.3. The zero-order valence-corrected chi connectivity index (χ0v) is 23.5. The van der Waals surface area contributed by atoms with Crippen LogP contribution in [0.5, 0.6) is 0 Å². The Balaban J connectivity index is 1.26. The van der Waals surface area contributed by atoms with E-state index in [4.69, 9.17) is 0 Å². The maximum absolute atomic E-state index is 14.6. The highest BCUT2D eigenvalue weighted by molar-refractivity contribution is 6.09. The highest BCUT2D eigenvalue weighted by Gasteiger charge is 2.55. The number of rotatable bonds is 5. The number of para-hydroxylation sites is 3. The molecule has 2 bridgehead atoms. The summed E-state index contributed by atoms with van der Waals surface area (Å²) in [7, 11) is 0. The highest BCUT2D eigenvalue weighted by Crippen LogP contribution is 2.43. The maximum Gasteiger partial charge on any atom is 0.330 e. The van der Waals surface area contributed by atoms with Gasteiger partial charge in [0.15, 0.2) is 0 Å². The van der Waals surface area contributed by atoms with Crippen LogP contribution in [0, 0.1) is 0 Å². The number of aliphatic imine (C=N–C) groups is 1. The van der Waals surface area contributed by atoms with Gasteiger partial charge in [-0.15, -0.1) is 0 Å². The highest BCUT2D eigenvalue weighted by atomic mass is 16.4. The fourth-order valence-electron chi connectivity index (χ4n) is 7.09. The summed E-state index contributed by atoms with van der Waals surface area (Å²) in [5.74, 6) is -1.47. The number of amides is 2. The van der Waals surface area contributed by atoms with Gasteiger partial charge in [-0.25, -0.2) is 9.59 Å². The second-order valence-electron chi connectivity index (χ2n) is 11.3. The van der Waals surface area contributed by atoms with Crippen LogP contribution in [-0.2, 0) is 4.79 Å². The van der Waals surface area contributed by atoms with E-state index in [0.29, 0.717) is 29.9 Å². The van der Waals surface area contributed by atoms with E-state index in [1.807, 2.05) is 114 Å². The number of fused-ring (bicyclic) bond motifs is 4. The molecule has 0 aromatic heterocycles. The first-order valence-corrected chi connectivity index (χ1v) is 14.6. The van der Waals surface area contributed by atoms with Crippen molar-refractivity contribution in [2.45, 2.75) is 43.1 Å². The molecule has 2 N–H and O–H groups in total. The Morgan fingerprint density at radius 1 is 0.767 bits per heavy atom. The van der Waals surface area contributed by atoms with Gasteiger partial charge in [-0.1, -0.05) is 91.0 Å². The number of carboxylic acid groups (broad SMARTS) is 1. The van der Waals surface area contributed by atoms with E-state index in [0.717, 1.165) is 16.7 Å². The Labute approximate surface area is 250 Å². The average molecular weight is 573 g/mol. The van der Waals surface area contributed by atoms with Crippen molar-refractivity contribution in [3.05, 3.63) is 126 Å². The molecule has 2 fully saturated rings. The lowest BCUT2D eigenvalue weighted by molar-refractivity contribution is -0.152. The predicted octanol–water partition coefficient (Wildman–Crippen LogP) is 5.76. The van der Waals surface area contributed by atoms with E-state index in [9.17, 15) is 19.8 Å². The van der Waals surface area contributed by atoms with Gasteiger partial charge < -0.3 is 15.1 Å². The molecule has 0 spiro atoms. The van der Waals surface area contributed by atoms with Crippen LogP contribution in [0.15, 0.2) is 114 Å². The molecular weight excluding hydrogens is 540 g/mol. The predicted molar refractivity (Wildman–Crippen MR) is 165 cm³/mol. The summed E-state index contributed by atoms with van der Waals surface area (Å²) in [6.07, 6.45) is 2.01. The quantitative estimate of drug-likeness (QED) is 0.317. The van der Waals surface area contributed by atoms with Crippen molar-refractivity contribution in [1.82, 2.24) is 9.80 Å². The molecule has 43 heavy (non-hydrogen) atoms. The Morgan fingerprint density at radius 3 is 2.05 bits per heavy atom. The molecule has 4 atom stereocenters. The number of hydrogen-bond acceptors (Lipinski definition) is 5. The summed E-state index contributed by atoms with van der Waals surface area (Å²) in [5.41, 5.74) is 4.54. The van der Waals surface area contributed by atoms with E-state index in [2.05, 4.69) is 4.99 Å². The van der Waals surface area contributed by atoms with Crippen LogP contribution in [0.1, 0.15) is 35.4 Å². The molecule has 8 heteroatoms. The summed E-state index contributed by atoms with van der Waals surface area (Å²) >= 11 is 0. The van der Waals surface area contributed by atoms with Crippen molar-refractivity contribution >= 4 is 35.3 Å². The van der Waals surface area contributed by atoms with Crippen molar-refractivity contribution in [3.63, 3.8) is 0 Å². The van der Waals surface area contributed by atoms with Gasteiger partial charge in [-0.2, -0.15) is 0 Å². The average Bonchev–Trinajstić information content (AvgIpc) is 3.23. The van der Waals surface area contributed by atoms with Crippen molar-refractivity contribution < 1.29 is 19.8 Å². The fourth-order valence-corrected chi connectivity index (χ4v) is 7.09. The molecule has 2 saturated heterocycles. The topological polar surface area (TPSA) is 96.7 Å². The normalized spacial score (nSPS) is 21.7. The smallest absolute Gasteiger partial charge is 0.330 e. The summed E-state index contributed by atoms with van der Waals surface area (Å²) in [5, 5.41) is 22.7. The number of aliphatic hydroxyl groups is 1. The number of anilines is 2. The molecule has 3 heterocycles. The molecule has 0 aliphatic carbocycles. The molecular formula is C35H32N4O4. The number of nitrogens with zero attached hydrogens (tertiary/aromatic N) is 4. The minimum Gasteiger partial charge on any atom is -0.480 e. The first-order chi connectivity index (χ1) is 21.0. The summed E-state index contributed by atoms with van der Waals surface area (Å²) < 4.78 is 0. The number of carbonyl (C=O) groups excluding carboxylic acids is 1. The molecule has 4 aromatic rings. The maximum atomic E-state index is 14.6. The van der Waals surface area contributed by atoms with E-state index >= 15 is 0 Å².